The van der Waals surface area contributed by atoms with E-state index in [0.717, 1.165) is 25.7 Å². The third-order valence-electron chi connectivity index (χ3n) is 3.04. The van der Waals surface area contributed by atoms with E-state index in [1.54, 1.807) is 13.8 Å². The number of hydrogen-bond donors (Lipinski definition) is 3. The molecule has 1 heterocycles. The van der Waals surface area contributed by atoms with E-state index in [1.807, 2.05) is 0 Å². The summed E-state index contributed by atoms with van der Waals surface area (Å²) in [4.78, 5) is 0. The number of nitrogens with two attached hydrogens (primary N) is 1. The van der Waals surface area contributed by atoms with Gasteiger partial charge in [-0.25, -0.2) is 0 Å². The Bertz CT molecular complexity index is 397. The van der Waals surface area contributed by atoms with Crippen molar-refractivity contribution in [1.82, 2.24) is 9.03 Å². The molecule has 0 spiro atoms. The summed E-state index contributed by atoms with van der Waals surface area (Å²) >= 11 is 0. The number of hydrogen-bond acceptors (Lipinski definition) is 4. The molecule has 106 valence electrons. The summed E-state index contributed by atoms with van der Waals surface area (Å²) in [6.45, 7) is 4.14. The first-order chi connectivity index (χ1) is 8.29. The van der Waals surface area contributed by atoms with Crippen LogP contribution in [0.2, 0.25) is 0 Å². The van der Waals surface area contributed by atoms with Crippen LogP contribution in [0.25, 0.3) is 0 Å². The van der Waals surface area contributed by atoms with Gasteiger partial charge in [0.25, 0.3) is 10.2 Å². The Hall–Kier alpha value is -0.860. The quantitative estimate of drug-likeness (QED) is 0.296. The molecule has 18 heavy (non-hydrogen) atoms. The number of nitrogens with zero attached hydrogens (tertiary/aromatic N) is 2. The number of amidine groups is 1. The normalized spacial score (nSPS) is 20.7. The Labute approximate surface area is 108 Å². The van der Waals surface area contributed by atoms with E-state index in [9.17, 15) is 8.42 Å². The predicted molar refractivity (Wildman–Crippen MR) is 69.6 cm³/mol. The van der Waals surface area contributed by atoms with Crippen molar-refractivity contribution in [2.24, 2.45) is 10.9 Å². The van der Waals surface area contributed by atoms with Crippen LogP contribution in [-0.4, -0.2) is 42.4 Å². The van der Waals surface area contributed by atoms with E-state index in [4.69, 9.17) is 10.9 Å². The lowest BCUT2D eigenvalue weighted by atomic mass is 10.1. The van der Waals surface area contributed by atoms with Crippen LogP contribution in [0.1, 0.15) is 39.5 Å². The predicted octanol–water partition coefficient (Wildman–Crippen LogP) is 0.222. The minimum Gasteiger partial charge on any atom is -0.409 e. The molecular formula is C10H22N4O3S. The first kappa shape index (κ1) is 15.2. The zero-order chi connectivity index (χ0) is 13.8. The molecule has 1 saturated heterocycles. The van der Waals surface area contributed by atoms with E-state index in [2.05, 4.69) is 9.88 Å². The van der Waals surface area contributed by atoms with Crippen LogP contribution in [0.4, 0.5) is 0 Å². The first-order valence-corrected chi connectivity index (χ1v) is 7.50. The smallest absolute Gasteiger partial charge is 0.280 e. The average molecular weight is 278 g/mol. The molecule has 0 aromatic rings. The Morgan fingerprint density at radius 2 is 1.78 bits per heavy atom. The van der Waals surface area contributed by atoms with Crippen LogP contribution in [0, 0.1) is 0 Å². The van der Waals surface area contributed by atoms with E-state index in [1.165, 1.54) is 4.31 Å². The van der Waals surface area contributed by atoms with Gasteiger partial charge in [0.1, 0.15) is 0 Å². The summed E-state index contributed by atoms with van der Waals surface area (Å²) < 4.78 is 28.3. The molecule has 8 heteroatoms. The van der Waals surface area contributed by atoms with Gasteiger partial charge in [0.15, 0.2) is 5.84 Å². The van der Waals surface area contributed by atoms with Crippen LogP contribution in [-0.2, 0) is 10.2 Å². The minimum absolute atomic E-state index is 0.166. The second-order valence-electron chi connectivity index (χ2n) is 5.03. The summed E-state index contributed by atoms with van der Waals surface area (Å²) in [7, 11) is -3.61. The van der Waals surface area contributed by atoms with Gasteiger partial charge in [-0.05, 0) is 26.7 Å². The van der Waals surface area contributed by atoms with Crippen LogP contribution < -0.4 is 10.5 Å². The topological polar surface area (TPSA) is 108 Å². The molecule has 0 aliphatic carbocycles. The standard InChI is InChI=1S/C10H22N4O3S/c1-10(2,9(11)12-15)13-18(16,17)14-7-5-3-4-6-8-14/h13,15H,3-8H2,1-2H3,(H2,11,12). The van der Waals surface area contributed by atoms with Crippen LogP contribution in [0.5, 0.6) is 0 Å². The molecule has 4 N–H and O–H groups in total. The molecule has 0 amide bonds. The Morgan fingerprint density at radius 1 is 1.28 bits per heavy atom. The molecule has 1 aliphatic rings. The van der Waals surface area contributed by atoms with Crippen molar-refractivity contribution in [1.29, 1.82) is 0 Å². The summed E-state index contributed by atoms with van der Waals surface area (Å²) in [6.07, 6.45) is 3.83. The highest BCUT2D eigenvalue weighted by atomic mass is 32.2. The SMILES string of the molecule is CC(C)(NS(=O)(=O)N1CCCCCC1)/C(N)=N/O. The van der Waals surface area contributed by atoms with Gasteiger partial charge in [0, 0.05) is 13.1 Å². The van der Waals surface area contributed by atoms with Crippen LogP contribution >= 0.6 is 0 Å². The summed E-state index contributed by atoms with van der Waals surface area (Å²) in [5.74, 6) is -0.166. The van der Waals surface area contributed by atoms with Gasteiger partial charge in [-0.15, -0.1) is 0 Å². The first-order valence-electron chi connectivity index (χ1n) is 6.06. The Balaban J connectivity index is 2.80. The molecule has 0 saturated carbocycles. The summed E-state index contributed by atoms with van der Waals surface area (Å²) in [5, 5.41) is 11.5. The molecule has 0 aromatic carbocycles. The maximum absolute atomic E-state index is 12.2. The number of oxime groups is 1. The van der Waals surface area contributed by atoms with Crippen molar-refractivity contribution in [2.45, 2.75) is 45.1 Å². The Kier molecular flexibility index (Phi) is 4.94. The second-order valence-corrected chi connectivity index (χ2v) is 6.70. The van der Waals surface area contributed by atoms with Crippen molar-refractivity contribution < 1.29 is 13.6 Å². The highest BCUT2D eigenvalue weighted by Crippen LogP contribution is 2.14. The van der Waals surface area contributed by atoms with Crippen molar-refractivity contribution in [3.05, 3.63) is 0 Å². The molecular weight excluding hydrogens is 256 g/mol. The highest BCUT2D eigenvalue weighted by molar-refractivity contribution is 7.87. The van der Waals surface area contributed by atoms with E-state index < -0.39 is 15.7 Å². The molecule has 1 rings (SSSR count). The largest absolute Gasteiger partial charge is 0.409 e. The lowest BCUT2D eigenvalue weighted by Crippen LogP contribution is -2.56. The van der Waals surface area contributed by atoms with E-state index in [-0.39, 0.29) is 5.84 Å². The second kappa shape index (κ2) is 5.85. The maximum atomic E-state index is 12.2. The van der Waals surface area contributed by atoms with Gasteiger partial charge >= 0.3 is 0 Å². The van der Waals surface area contributed by atoms with Gasteiger partial charge in [-0.3, -0.25) is 0 Å². The zero-order valence-electron chi connectivity index (χ0n) is 10.9. The molecule has 1 aliphatic heterocycles. The fourth-order valence-corrected chi connectivity index (χ4v) is 3.46. The van der Waals surface area contributed by atoms with Crippen molar-refractivity contribution in [2.75, 3.05) is 13.1 Å². The molecule has 1 fully saturated rings. The van der Waals surface area contributed by atoms with Gasteiger partial charge in [-0.1, -0.05) is 18.0 Å². The lowest BCUT2D eigenvalue weighted by molar-refractivity contribution is 0.311. The molecule has 0 aromatic heterocycles. The average Bonchev–Trinajstić information content (AvgIpc) is 2.55. The number of nitrogens with one attached hydrogen (secondary N) is 1. The Morgan fingerprint density at radius 3 is 2.22 bits per heavy atom. The fourth-order valence-electron chi connectivity index (χ4n) is 1.85. The molecule has 0 atom stereocenters. The monoisotopic (exact) mass is 278 g/mol. The van der Waals surface area contributed by atoms with E-state index >= 15 is 0 Å². The van der Waals surface area contributed by atoms with Gasteiger partial charge in [0.2, 0.25) is 0 Å². The highest BCUT2D eigenvalue weighted by Gasteiger charge is 2.33. The molecule has 7 nitrogen and oxygen atoms in total. The fraction of sp³-hybridized carbons (Fsp3) is 0.900. The third kappa shape index (κ3) is 3.82. The maximum Gasteiger partial charge on any atom is 0.280 e. The molecule has 0 radical (unpaired) electrons. The van der Waals surface area contributed by atoms with Crippen molar-refractivity contribution >= 4 is 16.0 Å². The zero-order valence-corrected chi connectivity index (χ0v) is 11.7. The van der Waals surface area contributed by atoms with E-state index in [0.29, 0.717) is 13.1 Å². The lowest BCUT2D eigenvalue weighted by Gasteiger charge is -2.28. The molecule has 0 unspecified atom stereocenters. The molecule has 0 bridgehead atoms. The van der Waals surface area contributed by atoms with Crippen LogP contribution in [0.3, 0.4) is 0 Å². The van der Waals surface area contributed by atoms with Gasteiger partial charge in [-0.2, -0.15) is 17.4 Å². The van der Waals surface area contributed by atoms with Gasteiger partial charge < -0.3 is 10.9 Å². The third-order valence-corrected chi connectivity index (χ3v) is 4.85. The van der Waals surface area contributed by atoms with Crippen molar-refractivity contribution in [3.8, 4) is 0 Å². The summed E-state index contributed by atoms with van der Waals surface area (Å²) in [6, 6.07) is 0. The van der Waals surface area contributed by atoms with Gasteiger partial charge in [0.05, 0.1) is 5.54 Å². The number of rotatable bonds is 4. The summed E-state index contributed by atoms with van der Waals surface area (Å²) in [5.41, 5.74) is 4.36. The minimum atomic E-state index is -3.61. The van der Waals surface area contributed by atoms with Crippen molar-refractivity contribution in [3.63, 3.8) is 0 Å². The van der Waals surface area contributed by atoms with Crippen LogP contribution in [0.15, 0.2) is 5.16 Å².